The molecule has 1 aliphatic rings. The summed E-state index contributed by atoms with van der Waals surface area (Å²) in [5, 5.41) is 26.0. The van der Waals surface area contributed by atoms with E-state index in [2.05, 4.69) is 15.4 Å². The monoisotopic (exact) mass is 359 g/mol. The van der Waals surface area contributed by atoms with E-state index in [1.165, 1.54) is 17.1 Å². The standard InChI is InChI=1S/C15H18BN5O5/c17-5-4-12-18-8-19-21(12)7-13(22)20-11-6-9-2-1-3-10(15(23)24)14(9)26-16(11)25/h1-3,8,11,25H,4-7,17H2,(H,20,22)(H,23,24)/t11-/m0/s1. The van der Waals surface area contributed by atoms with E-state index in [-0.39, 0.29) is 30.2 Å². The molecule has 136 valence electrons. The Morgan fingerprint density at radius 3 is 3.00 bits per heavy atom. The number of carboxylic acid groups (broad SMARTS) is 1. The quantitative estimate of drug-likeness (QED) is 0.460. The molecule has 1 aromatic carbocycles. The Morgan fingerprint density at radius 2 is 2.27 bits per heavy atom. The number of nitrogens with two attached hydrogens (primary N) is 1. The molecule has 0 unspecified atom stereocenters. The van der Waals surface area contributed by atoms with Crippen LogP contribution in [0.3, 0.4) is 0 Å². The van der Waals surface area contributed by atoms with Crippen molar-refractivity contribution in [2.75, 3.05) is 6.54 Å². The third kappa shape index (κ3) is 3.68. The number of nitrogens with zero attached hydrogens (tertiary/aromatic N) is 3. The third-order valence-electron chi connectivity index (χ3n) is 4.05. The molecule has 0 radical (unpaired) electrons. The highest BCUT2D eigenvalue weighted by molar-refractivity contribution is 6.47. The molecule has 1 amide bonds. The second kappa shape index (κ2) is 7.54. The van der Waals surface area contributed by atoms with E-state index in [9.17, 15) is 19.7 Å². The van der Waals surface area contributed by atoms with Crippen LogP contribution in [-0.2, 0) is 24.2 Å². The molecular weight excluding hydrogens is 341 g/mol. The number of hydrogen-bond donors (Lipinski definition) is 4. The third-order valence-corrected chi connectivity index (χ3v) is 4.05. The molecular formula is C15H18BN5O5. The fraction of sp³-hybridized carbons (Fsp3) is 0.333. The minimum absolute atomic E-state index is 0.0274. The first-order chi connectivity index (χ1) is 12.5. The molecule has 5 N–H and O–H groups in total. The van der Waals surface area contributed by atoms with Gasteiger partial charge >= 0.3 is 13.1 Å². The molecule has 26 heavy (non-hydrogen) atoms. The van der Waals surface area contributed by atoms with Gasteiger partial charge in [-0.2, -0.15) is 5.10 Å². The normalized spacial score (nSPS) is 15.9. The van der Waals surface area contributed by atoms with Gasteiger partial charge < -0.3 is 25.8 Å². The van der Waals surface area contributed by atoms with Gasteiger partial charge in [0.05, 0.1) is 11.5 Å². The van der Waals surface area contributed by atoms with Crippen molar-refractivity contribution in [1.82, 2.24) is 20.1 Å². The van der Waals surface area contributed by atoms with E-state index in [0.29, 0.717) is 24.4 Å². The predicted molar refractivity (Wildman–Crippen MR) is 90.4 cm³/mol. The van der Waals surface area contributed by atoms with Crippen LogP contribution >= 0.6 is 0 Å². The van der Waals surface area contributed by atoms with Crippen molar-refractivity contribution in [2.24, 2.45) is 5.73 Å². The fourth-order valence-corrected chi connectivity index (χ4v) is 2.85. The lowest BCUT2D eigenvalue weighted by Gasteiger charge is -2.28. The Bertz CT molecular complexity index is 827. The highest BCUT2D eigenvalue weighted by atomic mass is 16.5. The predicted octanol–water partition coefficient (Wildman–Crippen LogP) is -1.38. The molecule has 0 spiro atoms. The van der Waals surface area contributed by atoms with Crippen molar-refractivity contribution < 1.29 is 24.4 Å². The lowest BCUT2D eigenvalue weighted by Crippen LogP contribution is -2.53. The average molecular weight is 359 g/mol. The minimum atomic E-state index is -1.36. The van der Waals surface area contributed by atoms with E-state index in [4.69, 9.17) is 10.4 Å². The SMILES string of the molecule is NCCc1ncnn1CC(=O)N[C@H]1Cc2cccc(C(=O)O)c2OB1O. The zero-order chi connectivity index (χ0) is 18.7. The van der Waals surface area contributed by atoms with Gasteiger partial charge in [-0.05, 0) is 24.6 Å². The molecule has 11 heteroatoms. The van der Waals surface area contributed by atoms with Gasteiger partial charge in [-0.1, -0.05) is 12.1 Å². The van der Waals surface area contributed by atoms with Crippen molar-refractivity contribution in [3.05, 3.63) is 41.5 Å². The molecule has 2 aromatic rings. The number of fused-ring (bicyclic) bond motifs is 1. The number of rotatable bonds is 6. The molecule has 1 aliphatic heterocycles. The van der Waals surface area contributed by atoms with Crippen LogP contribution in [0.4, 0.5) is 0 Å². The number of aromatic nitrogens is 3. The number of carbonyl (C=O) groups is 2. The molecule has 1 atom stereocenters. The summed E-state index contributed by atoms with van der Waals surface area (Å²) in [6.07, 6.45) is 2.09. The summed E-state index contributed by atoms with van der Waals surface area (Å²) < 4.78 is 6.78. The molecule has 1 aromatic heterocycles. The van der Waals surface area contributed by atoms with Crippen molar-refractivity contribution >= 4 is 19.0 Å². The van der Waals surface area contributed by atoms with Gasteiger partial charge in [0, 0.05) is 6.42 Å². The van der Waals surface area contributed by atoms with E-state index in [1.54, 1.807) is 12.1 Å². The number of carbonyl (C=O) groups excluding carboxylic acids is 1. The Hall–Kier alpha value is -2.92. The summed E-state index contributed by atoms with van der Waals surface area (Å²) in [6, 6.07) is 4.69. The number of carboxylic acids is 1. The first-order valence-electron chi connectivity index (χ1n) is 8.05. The molecule has 2 heterocycles. The van der Waals surface area contributed by atoms with Crippen LogP contribution < -0.4 is 15.7 Å². The highest BCUT2D eigenvalue weighted by Gasteiger charge is 2.37. The number of nitrogens with one attached hydrogen (secondary N) is 1. The van der Waals surface area contributed by atoms with Crippen LogP contribution in [0.2, 0.25) is 0 Å². The van der Waals surface area contributed by atoms with Crippen molar-refractivity contribution in [3.63, 3.8) is 0 Å². The Kier molecular flexibility index (Phi) is 5.19. The molecule has 10 nitrogen and oxygen atoms in total. The summed E-state index contributed by atoms with van der Waals surface area (Å²) in [5.74, 6) is -1.51. The van der Waals surface area contributed by atoms with Crippen molar-refractivity contribution in [3.8, 4) is 5.75 Å². The Balaban J connectivity index is 1.69. The molecule has 0 saturated carbocycles. The maximum absolute atomic E-state index is 12.3. The summed E-state index contributed by atoms with van der Waals surface area (Å²) in [5.41, 5.74) is 6.07. The van der Waals surface area contributed by atoms with Crippen molar-refractivity contribution in [2.45, 2.75) is 25.3 Å². The smallest absolute Gasteiger partial charge is 0.534 e. The molecule has 0 fully saturated rings. The van der Waals surface area contributed by atoms with Crippen LogP contribution in [0.1, 0.15) is 21.7 Å². The summed E-state index contributed by atoms with van der Waals surface area (Å²) in [7, 11) is -1.36. The van der Waals surface area contributed by atoms with E-state index in [0.717, 1.165) is 0 Å². The van der Waals surface area contributed by atoms with Gasteiger partial charge in [0.15, 0.2) is 0 Å². The molecule has 3 rings (SSSR count). The van der Waals surface area contributed by atoms with Crippen LogP contribution in [0.15, 0.2) is 24.5 Å². The molecule has 0 bridgehead atoms. The van der Waals surface area contributed by atoms with Gasteiger partial charge in [0.25, 0.3) is 0 Å². The maximum Gasteiger partial charge on any atom is 0.547 e. The fourth-order valence-electron chi connectivity index (χ4n) is 2.85. The molecule has 0 aliphatic carbocycles. The zero-order valence-electron chi connectivity index (χ0n) is 13.8. The largest absolute Gasteiger partial charge is 0.547 e. The number of benzene rings is 1. The van der Waals surface area contributed by atoms with Crippen molar-refractivity contribution in [1.29, 1.82) is 0 Å². The highest BCUT2D eigenvalue weighted by Crippen LogP contribution is 2.30. The lowest BCUT2D eigenvalue weighted by molar-refractivity contribution is -0.122. The number of aromatic carboxylic acids is 1. The Morgan fingerprint density at radius 1 is 1.46 bits per heavy atom. The molecule has 0 saturated heterocycles. The van der Waals surface area contributed by atoms with E-state index >= 15 is 0 Å². The van der Waals surface area contributed by atoms with Gasteiger partial charge in [-0.25, -0.2) is 14.5 Å². The van der Waals surface area contributed by atoms with E-state index in [1.807, 2.05) is 0 Å². The van der Waals surface area contributed by atoms with Gasteiger partial charge in [0.2, 0.25) is 5.91 Å². The number of amides is 1. The average Bonchev–Trinajstić information content (AvgIpc) is 3.02. The van der Waals surface area contributed by atoms with Crippen LogP contribution in [0, 0.1) is 0 Å². The zero-order valence-corrected chi connectivity index (χ0v) is 13.8. The lowest BCUT2D eigenvalue weighted by atomic mass is 9.72. The number of para-hydroxylation sites is 1. The Labute approximate surface area is 149 Å². The van der Waals surface area contributed by atoms with Gasteiger partial charge in [0.1, 0.15) is 24.4 Å². The van der Waals surface area contributed by atoms with Crippen LogP contribution in [0.25, 0.3) is 0 Å². The van der Waals surface area contributed by atoms with Crippen LogP contribution in [-0.4, -0.2) is 56.4 Å². The minimum Gasteiger partial charge on any atom is -0.534 e. The first kappa shape index (κ1) is 17.9. The van der Waals surface area contributed by atoms with Gasteiger partial charge in [-0.15, -0.1) is 0 Å². The first-order valence-corrected chi connectivity index (χ1v) is 8.05. The summed E-state index contributed by atoms with van der Waals surface area (Å²) in [4.78, 5) is 27.6. The second-order valence-electron chi connectivity index (χ2n) is 5.86. The number of hydrogen-bond acceptors (Lipinski definition) is 7. The van der Waals surface area contributed by atoms with Gasteiger partial charge in [-0.3, -0.25) is 4.79 Å². The maximum atomic E-state index is 12.3. The van der Waals surface area contributed by atoms with E-state index < -0.39 is 19.0 Å². The summed E-state index contributed by atoms with van der Waals surface area (Å²) in [6.45, 7) is 0.318. The van der Waals surface area contributed by atoms with Crippen LogP contribution in [0.5, 0.6) is 5.75 Å². The second-order valence-corrected chi connectivity index (χ2v) is 5.86. The topological polar surface area (TPSA) is 153 Å². The summed E-state index contributed by atoms with van der Waals surface area (Å²) >= 11 is 0.